The van der Waals surface area contributed by atoms with Crippen molar-refractivity contribution in [3.63, 3.8) is 0 Å². The summed E-state index contributed by atoms with van der Waals surface area (Å²) in [5, 5.41) is 19.8. The molecule has 1 aromatic carbocycles. The first-order chi connectivity index (χ1) is 8.99. The lowest BCUT2D eigenvalue weighted by molar-refractivity contribution is -0.384. The Hall–Kier alpha value is -2.76. The number of hydrogen-bond acceptors (Lipinski definition) is 4. The highest BCUT2D eigenvalue weighted by Crippen LogP contribution is 2.26. The van der Waals surface area contributed by atoms with E-state index in [-0.39, 0.29) is 11.3 Å². The third-order valence-corrected chi connectivity index (χ3v) is 2.63. The first-order valence-electron chi connectivity index (χ1n) is 5.44. The summed E-state index contributed by atoms with van der Waals surface area (Å²) in [6.07, 6.45) is 1.61. The summed E-state index contributed by atoms with van der Waals surface area (Å²) in [6, 6.07) is 7.19. The fraction of sp³-hybridized carbons (Fsp3) is 0.0769. The first-order valence-corrected chi connectivity index (χ1v) is 5.44. The van der Waals surface area contributed by atoms with Crippen LogP contribution in [0.2, 0.25) is 0 Å². The molecule has 0 saturated heterocycles. The number of aryl methyl sites for hydroxylation is 1. The van der Waals surface area contributed by atoms with Gasteiger partial charge in [0.15, 0.2) is 0 Å². The number of nitrogens with zero attached hydrogens (tertiary/aromatic N) is 2. The Kier molecular flexibility index (Phi) is 3.24. The molecule has 6 nitrogen and oxygen atoms in total. The number of aromatic nitrogens is 1. The zero-order valence-electron chi connectivity index (χ0n) is 10.0. The molecule has 0 bridgehead atoms. The van der Waals surface area contributed by atoms with Gasteiger partial charge in [0.05, 0.1) is 16.2 Å². The Morgan fingerprint density at radius 2 is 2.05 bits per heavy atom. The smallest absolute Gasteiger partial charge is 0.336 e. The molecule has 0 atom stereocenters. The molecule has 1 heterocycles. The van der Waals surface area contributed by atoms with E-state index >= 15 is 0 Å². The van der Waals surface area contributed by atoms with Crippen molar-refractivity contribution in [2.75, 3.05) is 0 Å². The maximum absolute atomic E-state index is 11.2. The molecule has 96 valence electrons. The number of aromatic carboxylic acids is 1. The van der Waals surface area contributed by atoms with Crippen LogP contribution in [0.1, 0.15) is 15.9 Å². The van der Waals surface area contributed by atoms with Crippen molar-refractivity contribution in [3.8, 4) is 11.3 Å². The predicted octanol–water partition coefficient (Wildman–Crippen LogP) is 2.66. The molecule has 0 spiro atoms. The number of benzene rings is 1. The fourth-order valence-corrected chi connectivity index (χ4v) is 1.67. The van der Waals surface area contributed by atoms with E-state index in [2.05, 4.69) is 4.98 Å². The van der Waals surface area contributed by atoms with Crippen LogP contribution < -0.4 is 0 Å². The molecule has 0 aliphatic rings. The summed E-state index contributed by atoms with van der Waals surface area (Å²) < 4.78 is 0. The van der Waals surface area contributed by atoms with E-state index in [1.165, 1.54) is 12.1 Å². The van der Waals surface area contributed by atoms with E-state index in [1.807, 2.05) is 6.92 Å². The third kappa shape index (κ3) is 2.57. The van der Waals surface area contributed by atoms with Gasteiger partial charge in [-0.3, -0.25) is 15.1 Å². The third-order valence-electron chi connectivity index (χ3n) is 2.63. The van der Waals surface area contributed by atoms with Crippen molar-refractivity contribution >= 4 is 11.7 Å². The van der Waals surface area contributed by atoms with Gasteiger partial charge in [-0.25, -0.2) is 4.79 Å². The van der Waals surface area contributed by atoms with Crippen LogP contribution in [0.3, 0.4) is 0 Å². The van der Waals surface area contributed by atoms with Crippen LogP contribution >= 0.6 is 0 Å². The zero-order valence-corrected chi connectivity index (χ0v) is 10.0. The van der Waals surface area contributed by atoms with E-state index < -0.39 is 10.9 Å². The summed E-state index contributed by atoms with van der Waals surface area (Å²) in [5.41, 5.74) is 1.39. The van der Waals surface area contributed by atoms with Crippen molar-refractivity contribution in [2.24, 2.45) is 0 Å². The maximum Gasteiger partial charge on any atom is 0.336 e. The summed E-state index contributed by atoms with van der Waals surface area (Å²) in [4.78, 5) is 25.4. The van der Waals surface area contributed by atoms with Crippen LogP contribution in [-0.4, -0.2) is 21.0 Å². The number of nitro benzene ring substituents is 1. The van der Waals surface area contributed by atoms with E-state index in [1.54, 1.807) is 18.3 Å². The standard InChI is InChI=1S/C13H10N2O4/c1-8-2-5-12(14-7-8)10-4-3-9(15(18)19)6-11(10)13(16)17/h2-7H,1H3,(H,16,17). The number of nitro groups is 1. The van der Waals surface area contributed by atoms with Gasteiger partial charge in [-0.05, 0) is 24.6 Å². The summed E-state index contributed by atoms with van der Waals surface area (Å²) in [5.74, 6) is -1.22. The van der Waals surface area contributed by atoms with E-state index in [0.29, 0.717) is 11.3 Å². The number of carboxylic acid groups (broad SMARTS) is 1. The van der Waals surface area contributed by atoms with Crippen LogP contribution in [0.25, 0.3) is 11.3 Å². The molecule has 0 saturated carbocycles. The van der Waals surface area contributed by atoms with Gasteiger partial charge in [0.1, 0.15) is 0 Å². The number of pyridine rings is 1. The summed E-state index contributed by atoms with van der Waals surface area (Å²) >= 11 is 0. The number of carbonyl (C=O) groups is 1. The monoisotopic (exact) mass is 258 g/mol. The van der Waals surface area contributed by atoms with Gasteiger partial charge in [0, 0.05) is 23.9 Å². The zero-order chi connectivity index (χ0) is 14.0. The van der Waals surface area contributed by atoms with Gasteiger partial charge in [-0.2, -0.15) is 0 Å². The molecular formula is C13H10N2O4. The second-order valence-electron chi connectivity index (χ2n) is 4.01. The molecule has 1 aromatic heterocycles. The second-order valence-corrected chi connectivity index (χ2v) is 4.01. The Labute approximate surface area is 108 Å². The van der Waals surface area contributed by atoms with Gasteiger partial charge < -0.3 is 5.11 Å². The van der Waals surface area contributed by atoms with Gasteiger partial charge in [-0.15, -0.1) is 0 Å². The highest BCUT2D eigenvalue weighted by atomic mass is 16.6. The minimum absolute atomic E-state index is 0.134. The van der Waals surface area contributed by atoms with Crippen LogP contribution in [0.4, 0.5) is 5.69 Å². The Balaban J connectivity index is 2.59. The molecule has 0 aliphatic heterocycles. The number of non-ortho nitro benzene ring substituents is 1. The largest absolute Gasteiger partial charge is 0.478 e. The first kappa shape index (κ1) is 12.7. The van der Waals surface area contributed by atoms with Crippen molar-refractivity contribution in [3.05, 3.63) is 57.8 Å². The average molecular weight is 258 g/mol. The maximum atomic E-state index is 11.2. The van der Waals surface area contributed by atoms with Gasteiger partial charge in [-0.1, -0.05) is 6.07 Å². The SMILES string of the molecule is Cc1ccc(-c2ccc([N+](=O)[O-])cc2C(=O)O)nc1. The van der Waals surface area contributed by atoms with E-state index in [4.69, 9.17) is 5.11 Å². The quantitative estimate of drug-likeness (QED) is 0.674. The van der Waals surface area contributed by atoms with Crippen molar-refractivity contribution in [1.29, 1.82) is 0 Å². The van der Waals surface area contributed by atoms with Crippen LogP contribution in [0, 0.1) is 17.0 Å². The van der Waals surface area contributed by atoms with Gasteiger partial charge in [0.25, 0.3) is 5.69 Å². The molecule has 0 fully saturated rings. The molecule has 0 aliphatic carbocycles. The van der Waals surface area contributed by atoms with Crippen molar-refractivity contribution < 1.29 is 14.8 Å². The number of carboxylic acids is 1. The molecule has 0 amide bonds. The topological polar surface area (TPSA) is 93.3 Å². The van der Waals surface area contributed by atoms with Crippen molar-refractivity contribution in [1.82, 2.24) is 4.98 Å². The fourth-order valence-electron chi connectivity index (χ4n) is 1.67. The lowest BCUT2D eigenvalue weighted by Crippen LogP contribution is -2.02. The molecular weight excluding hydrogens is 248 g/mol. The lowest BCUT2D eigenvalue weighted by atomic mass is 10.0. The minimum Gasteiger partial charge on any atom is -0.478 e. The molecule has 1 N–H and O–H groups in total. The van der Waals surface area contributed by atoms with Gasteiger partial charge in [0.2, 0.25) is 0 Å². The summed E-state index contributed by atoms with van der Waals surface area (Å²) in [7, 11) is 0. The Morgan fingerprint density at radius 3 is 2.58 bits per heavy atom. The predicted molar refractivity (Wildman–Crippen MR) is 68.0 cm³/mol. The Bertz CT molecular complexity index is 650. The second kappa shape index (κ2) is 4.85. The molecule has 0 radical (unpaired) electrons. The lowest BCUT2D eigenvalue weighted by Gasteiger charge is -2.05. The Morgan fingerprint density at radius 1 is 1.32 bits per heavy atom. The number of rotatable bonds is 3. The van der Waals surface area contributed by atoms with Crippen LogP contribution in [0.5, 0.6) is 0 Å². The minimum atomic E-state index is -1.22. The van der Waals surface area contributed by atoms with Crippen molar-refractivity contribution in [2.45, 2.75) is 6.92 Å². The highest BCUT2D eigenvalue weighted by molar-refractivity contribution is 5.96. The molecule has 2 aromatic rings. The number of hydrogen-bond donors (Lipinski definition) is 1. The molecule has 19 heavy (non-hydrogen) atoms. The van der Waals surface area contributed by atoms with E-state index in [0.717, 1.165) is 11.6 Å². The van der Waals surface area contributed by atoms with Gasteiger partial charge >= 0.3 is 5.97 Å². The molecule has 6 heteroatoms. The molecule has 2 rings (SSSR count). The highest BCUT2D eigenvalue weighted by Gasteiger charge is 2.17. The van der Waals surface area contributed by atoms with Crippen LogP contribution in [-0.2, 0) is 0 Å². The summed E-state index contributed by atoms with van der Waals surface area (Å²) in [6.45, 7) is 1.87. The average Bonchev–Trinajstić information content (AvgIpc) is 2.38. The molecule has 0 unspecified atom stereocenters. The van der Waals surface area contributed by atoms with Crippen LogP contribution in [0.15, 0.2) is 36.5 Å². The normalized spacial score (nSPS) is 10.2. The van der Waals surface area contributed by atoms with E-state index in [9.17, 15) is 14.9 Å².